The van der Waals surface area contributed by atoms with Gasteiger partial charge in [0.25, 0.3) is 0 Å². The fourth-order valence-electron chi connectivity index (χ4n) is 12.3. The van der Waals surface area contributed by atoms with Crippen LogP contribution in [0.3, 0.4) is 0 Å². The van der Waals surface area contributed by atoms with Gasteiger partial charge in [-0.15, -0.1) is 0 Å². The smallest absolute Gasteiger partial charge is 0.317 e. The van der Waals surface area contributed by atoms with E-state index in [2.05, 4.69) is 26.3 Å². The molecule has 30 heteroatoms. The van der Waals surface area contributed by atoms with Crippen LogP contribution in [0.2, 0.25) is 0 Å². The van der Waals surface area contributed by atoms with Gasteiger partial charge in [0.1, 0.15) is 5.75 Å². The van der Waals surface area contributed by atoms with Crippen LogP contribution in [0.1, 0.15) is 81.9 Å². The van der Waals surface area contributed by atoms with Crippen molar-refractivity contribution in [1.29, 1.82) is 0 Å². The summed E-state index contributed by atoms with van der Waals surface area (Å²) in [6.07, 6.45) is -2.06. The Kier molecular flexibility index (Phi) is 34.1. The predicted molar refractivity (Wildman–Crippen MR) is 376 cm³/mol. The largest absolute Gasteiger partial charge is 0.508 e. The highest BCUT2D eigenvalue weighted by Gasteiger charge is 2.37. The number of carbonyl (C=O) groups excluding carboxylic acids is 8. The van der Waals surface area contributed by atoms with Gasteiger partial charge >= 0.3 is 17.9 Å². The van der Waals surface area contributed by atoms with Crippen LogP contribution in [0, 0.1) is 23.7 Å². The molecule has 0 bridgehead atoms. The number of Topliss-reactive ketones (excluding diaryl/α,β-unsaturated/α-hetero) is 4. The molecule has 1 aromatic heterocycles. The Hall–Kier alpha value is -7.65. The zero-order valence-electron chi connectivity index (χ0n) is 56.8. The van der Waals surface area contributed by atoms with Gasteiger partial charge in [0.15, 0.2) is 23.1 Å². The summed E-state index contributed by atoms with van der Waals surface area (Å²) >= 11 is 0. The van der Waals surface area contributed by atoms with Crippen LogP contribution >= 0.6 is 21.6 Å². The van der Waals surface area contributed by atoms with E-state index in [4.69, 9.17) is 5.73 Å². The second kappa shape index (κ2) is 41.9. The lowest BCUT2D eigenvalue weighted by Gasteiger charge is -2.33. The summed E-state index contributed by atoms with van der Waals surface area (Å²) in [6.45, 7) is 1.75. The molecule has 0 spiro atoms. The number of hydrogen-bond acceptors (Lipinski definition) is 22. The molecule has 14 N–H and O–H groups in total. The van der Waals surface area contributed by atoms with Crippen LogP contribution in [-0.4, -0.2) is 265 Å². The average Bonchev–Trinajstić information content (AvgIpc) is 1.69. The quantitative estimate of drug-likeness (QED) is 0.0281. The number of unbranched alkanes of at least 4 members (excludes halogenated alkanes) is 1. The number of aromatic amines is 1. The third-order valence-corrected chi connectivity index (χ3v) is 20.6. The molecule has 2 unspecified atom stereocenters. The Balaban J connectivity index is 1.40. The lowest BCUT2D eigenvalue weighted by Crippen LogP contribution is -2.51. The fraction of sp³-hybridized carbons (Fsp3) is 0.557. The molecular formula is C70H98N10O18S2. The Morgan fingerprint density at radius 2 is 1.21 bits per heavy atom. The van der Waals surface area contributed by atoms with Crippen LogP contribution < -0.4 is 27.0 Å². The van der Waals surface area contributed by atoms with E-state index in [9.17, 15) is 74.1 Å². The first-order valence-corrected chi connectivity index (χ1v) is 36.4. The first-order chi connectivity index (χ1) is 47.8. The lowest BCUT2D eigenvalue weighted by molar-refractivity contribution is -0.140. The van der Waals surface area contributed by atoms with E-state index in [1.54, 1.807) is 68.3 Å². The van der Waals surface area contributed by atoms with Crippen molar-refractivity contribution in [3.8, 4) is 5.75 Å². The number of aromatic hydroxyl groups is 1. The topological polar surface area (TPSA) is 432 Å². The van der Waals surface area contributed by atoms with Gasteiger partial charge in [0.05, 0.1) is 74.4 Å². The number of nitrogens with two attached hydrogens (primary N) is 1. The zero-order chi connectivity index (χ0) is 72.8. The molecule has 2 saturated heterocycles. The molecule has 28 nitrogen and oxygen atoms in total. The number of phenolic OH excluding ortho intramolecular Hbond substituents is 1. The van der Waals surface area contributed by atoms with Gasteiger partial charge in [-0.1, -0.05) is 82.3 Å². The highest BCUT2D eigenvalue weighted by Crippen LogP contribution is 2.30. The van der Waals surface area contributed by atoms with Crippen molar-refractivity contribution in [1.82, 2.24) is 45.9 Å². The van der Waals surface area contributed by atoms with Gasteiger partial charge in [0.2, 0.25) is 23.6 Å². The van der Waals surface area contributed by atoms with Crippen molar-refractivity contribution in [3.63, 3.8) is 0 Å². The van der Waals surface area contributed by atoms with E-state index in [0.717, 1.165) is 38.1 Å². The zero-order valence-corrected chi connectivity index (χ0v) is 58.4. The van der Waals surface area contributed by atoms with Gasteiger partial charge in [-0.05, 0) is 99.7 Å². The first-order valence-electron chi connectivity index (χ1n) is 33.9. The molecule has 3 heterocycles. The van der Waals surface area contributed by atoms with Gasteiger partial charge in [-0.3, -0.25) is 72.3 Å². The van der Waals surface area contributed by atoms with Crippen LogP contribution in [0.25, 0.3) is 10.9 Å². The molecule has 100 heavy (non-hydrogen) atoms. The number of fused-ring (bicyclic) bond motifs is 1. The van der Waals surface area contributed by atoms with Crippen LogP contribution in [0.5, 0.6) is 5.75 Å². The number of amides is 4. The molecule has 4 aromatic rings. The second-order valence-corrected chi connectivity index (χ2v) is 28.7. The standard InChI is InChI=1S/C70H98N10O18S2/c1-44(82)50(41-81)33-62(87)59-43-100-99-42-51(34-61(86)57(29-46-10-4-3-5-11-46)74-65(90)37-77-20-22-78(38-66(91)92)24-26-80(40-68(95)96)27-25-79(23-21-77)39-67(93)94)69(97)75-58(30-47-15-17-52(84)18-16-47)60(85)31-48(28-49-36-72-55-13-7-6-12-53(49)55)32-64(89)73-56(14-8-9-19-71)63(88)35-54(45(2)83)70(98)76-59/h3-7,10-13,15-18,36,44-45,48,50-51,54,56-59,72,81-84H,8-9,14,19-35,37-43,71H2,1-2H3,(H,73,89)(H,74,90)(H,75,97)(H,76,98)(H,91,92)(H,93,94)(H,95,96)/t44?,45?,48-,50+,51-,54-,56-,57+,58-,59-/m0/s1. The number of aliphatic hydroxyl groups excluding tert-OH is 3. The number of aliphatic hydroxyl groups is 3. The summed E-state index contributed by atoms with van der Waals surface area (Å²) in [6, 6.07) is 17.0. The number of carboxylic acids is 3. The van der Waals surface area contributed by atoms with E-state index in [-0.39, 0.29) is 128 Å². The predicted octanol–water partition coefficient (Wildman–Crippen LogP) is 1.29. The van der Waals surface area contributed by atoms with Gasteiger partial charge in [-0.2, -0.15) is 0 Å². The van der Waals surface area contributed by atoms with E-state index in [1.807, 2.05) is 24.3 Å². The average molecular weight is 1430 g/mol. The molecule has 548 valence electrons. The Morgan fingerprint density at radius 1 is 0.640 bits per heavy atom. The van der Waals surface area contributed by atoms with Gasteiger partial charge < -0.3 is 67.7 Å². The van der Waals surface area contributed by atoms with Crippen molar-refractivity contribution in [2.75, 3.05) is 103 Å². The number of rotatable bonds is 28. The van der Waals surface area contributed by atoms with Crippen molar-refractivity contribution < 1.29 is 88.5 Å². The number of aliphatic carboxylic acids is 3. The van der Waals surface area contributed by atoms with Crippen molar-refractivity contribution in [2.24, 2.45) is 29.4 Å². The third-order valence-electron chi connectivity index (χ3n) is 18.1. The van der Waals surface area contributed by atoms with E-state index < -0.39 is 164 Å². The summed E-state index contributed by atoms with van der Waals surface area (Å²) in [5, 5.41) is 83.7. The minimum absolute atomic E-state index is 0.0705. The molecule has 0 aliphatic carbocycles. The molecule has 10 atom stereocenters. The number of para-hydroxylation sites is 1. The lowest BCUT2D eigenvalue weighted by atomic mass is 9.87. The summed E-state index contributed by atoms with van der Waals surface area (Å²) in [4.78, 5) is 164. The second-order valence-electron chi connectivity index (χ2n) is 26.1. The van der Waals surface area contributed by atoms with Crippen molar-refractivity contribution in [3.05, 3.63) is 102 Å². The minimum atomic E-state index is -1.46. The molecular weight excluding hydrogens is 1330 g/mol. The molecule has 2 aliphatic rings. The highest BCUT2D eigenvalue weighted by atomic mass is 33.1. The summed E-state index contributed by atoms with van der Waals surface area (Å²) in [7, 11) is 2.06. The molecule has 4 amide bonds. The fourth-order valence-corrected chi connectivity index (χ4v) is 14.8. The summed E-state index contributed by atoms with van der Waals surface area (Å²) in [5.74, 6) is -13.7. The summed E-state index contributed by atoms with van der Waals surface area (Å²) in [5.41, 5.74) is 8.55. The van der Waals surface area contributed by atoms with Crippen LogP contribution in [-0.2, 0) is 72.0 Å². The maximum absolute atomic E-state index is 15.4. The highest BCUT2D eigenvalue weighted by molar-refractivity contribution is 8.76. The number of phenols is 1. The Labute approximate surface area is 589 Å². The molecule has 3 aromatic carbocycles. The van der Waals surface area contributed by atoms with Crippen molar-refractivity contribution >= 4 is 97.2 Å². The molecule has 0 saturated carbocycles. The number of nitrogens with one attached hydrogen (secondary N) is 5. The number of H-pyrrole nitrogens is 1. The van der Waals surface area contributed by atoms with E-state index in [0.29, 0.717) is 24.0 Å². The Bertz CT molecular complexity index is 3330. The Morgan fingerprint density at radius 3 is 1.78 bits per heavy atom. The molecule has 2 aliphatic heterocycles. The number of aromatic nitrogens is 1. The van der Waals surface area contributed by atoms with Crippen LogP contribution in [0.15, 0.2) is 85.1 Å². The monoisotopic (exact) mass is 1430 g/mol. The number of benzene rings is 3. The minimum Gasteiger partial charge on any atom is -0.508 e. The van der Waals surface area contributed by atoms with Crippen LogP contribution in [0.4, 0.5) is 0 Å². The number of hydrogen-bond donors (Lipinski definition) is 13. The van der Waals surface area contributed by atoms with Gasteiger partial charge in [-0.25, -0.2) is 0 Å². The maximum Gasteiger partial charge on any atom is 0.317 e. The van der Waals surface area contributed by atoms with E-state index in [1.165, 1.54) is 26.0 Å². The number of carbonyl (C=O) groups is 11. The normalized spacial score (nSPS) is 22.3. The first kappa shape index (κ1) is 81.3. The number of ketones is 4. The van der Waals surface area contributed by atoms with Crippen molar-refractivity contribution in [2.45, 2.75) is 121 Å². The molecule has 6 rings (SSSR count). The molecule has 2 fully saturated rings. The third kappa shape index (κ3) is 28.1. The molecule has 0 radical (unpaired) electrons. The SMILES string of the molecule is CC(O)[C@@H](CO)CC(=O)[C@@H]1CSSC[C@H](CC(=O)[C@@H](Cc2ccccc2)NC(=O)CN2CCN(CC(=O)O)CCN(CC(=O)O)CCN(CC(=O)O)CC2)C(=O)N[C@@H](Cc2ccc(O)cc2)C(=O)C[C@H](Cc2c[nH]c3ccccc23)CC(=O)N[C@@H](CCCCN)C(=O)C[C@@H](C(C)O)C(=O)N1. The summed E-state index contributed by atoms with van der Waals surface area (Å²) < 4.78 is 0. The van der Waals surface area contributed by atoms with Gasteiger partial charge in [0, 0.05) is 126 Å². The van der Waals surface area contributed by atoms with E-state index >= 15 is 14.4 Å². The number of carboxylic acid groups (broad SMARTS) is 3. The maximum atomic E-state index is 15.4. The number of nitrogens with zero attached hydrogens (tertiary/aromatic N) is 4.